The first-order valence-electron chi connectivity index (χ1n) is 4.36. The van der Waals surface area contributed by atoms with Crippen LogP contribution in [-0.2, 0) is 4.79 Å². The van der Waals surface area contributed by atoms with Gasteiger partial charge in [-0.3, -0.25) is 4.79 Å². The smallest absolute Gasteiger partial charge is 0.152 e. The molecule has 0 radical (unpaired) electrons. The summed E-state index contributed by atoms with van der Waals surface area (Å²) >= 11 is 0. The quantitative estimate of drug-likeness (QED) is 0.630. The van der Waals surface area contributed by atoms with Crippen LogP contribution in [0.25, 0.3) is 6.08 Å². The van der Waals surface area contributed by atoms with Gasteiger partial charge in [-0.25, -0.2) is 0 Å². The molecule has 0 aliphatic carbocycles. The molecule has 0 saturated carbocycles. The first-order valence-corrected chi connectivity index (χ1v) is 4.36. The van der Waals surface area contributed by atoms with Crippen molar-refractivity contribution in [3.63, 3.8) is 0 Å². The van der Waals surface area contributed by atoms with Crippen LogP contribution in [0.5, 0.6) is 0 Å². The van der Waals surface area contributed by atoms with Gasteiger partial charge in [-0.2, -0.15) is 0 Å². The summed E-state index contributed by atoms with van der Waals surface area (Å²) in [5.41, 5.74) is 3.56. The molecule has 0 fully saturated rings. The molecule has 0 amide bonds. The number of carbonyl (C=O) groups excluding carboxylic acids is 1. The number of hydrogen-bond acceptors (Lipinski definition) is 1. The maximum Gasteiger partial charge on any atom is 0.152 e. The van der Waals surface area contributed by atoms with Crippen LogP contribution in [-0.4, -0.2) is 5.78 Å². The molecule has 1 aromatic carbocycles. The topological polar surface area (TPSA) is 17.1 Å². The SMILES string of the molecule is CC(=O)/C=C/c1c(C)cccc1C. The summed E-state index contributed by atoms with van der Waals surface area (Å²) < 4.78 is 0. The maximum absolute atomic E-state index is 10.8. The molecule has 1 rings (SSSR count). The van der Waals surface area contributed by atoms with E-state index in [0.717, 1.165) is 5.56 Å². The molecule has 0 aliphatic heterocycles. The zero-order valence-electron chi connectivity index (χ0n) is 8.29. The van der Waals surface area contributed by atoms with E-state index in [9.17, 15) is 4.79 Å². The average Bonchev–Trinajstić information content (AvgIpc) is 2.03. The summed E-state index contributed by atoms with van der Waals surface area (Å²) in [5.74, 6) is 0.0858. The number of hydrogen-bond donors (Lipinski definition) is 0. The fourth-order valence-electron chi connectivity index (χ4n) is 1.29. The van der Waals surface area contributed by atoms with Crippen LogP contribution >= 0.6 is 0 Å². The first-order chi connectivity index (χ1) is 6.11. The van der Waals surface area contributed by atoms with Gasteiger partial charge < -0.3 is 0 Å². The molecular formula is C12H14O. The van der Waals surface area contributed by atoms with Gasteiger partial charge >= 0.3 is 0 Å². The number of aryl methyl sites for hydroxylation is 2. The third-order valence-electron chi connectivity index (χ3n) is 2.03. The van der Waals surface area contributed by atoms with Crippen molar-refractivity contribution in [2.45, 2.75) is 20.8 Å². The lowest BCUT2D eigenvalue weighted by atomic mass is 10.0. The molecule has 0 aromatic heterocycles. The molecule has 1 aromatic rings. The molecule has 0 aliphatic rings. The number of ketones is 1. The Bertz CT molecular complexity index is 328. The van der Waals surface area contributed by atoms with Gasteiger partial charge in [-0.15, -0.1) is 0 Å². The summed E-state index contributed by atoms with van der Waals surface area (Å²) in [6.45, 7) is 5.66. The maximum atomic E-state index is 10.8. The van der Waals surface area contributed by atoms with Crippen LogP contribution in [0.4, 0.5) is 0 Å². The zero-order valence-corrected chi connectivity index (χ0v) is 8.29. The van der Waals surface area contributed by atoms with Crippen LogP contribution in [0.15, 0.2) is 24.3 Å². The Balaban J connectivity index is 3.06. The fourth-order valence-corrected chi connectivity index (χ4v) is 1.29. The molecule has 0 saturated heterocycles. The Kier molecular flexibility index (Phi) is 3.02. The molecule has 1 heteroatoms. The highest BCUT2D eigenvalue weighted by atomic mass is 16.1. The second kappa shape index (κ2) is 4.04. The number of carbonyl (C=O) groups is 1. The van der Waals surface area contributed by atoms with Crippen LogP contribution in [0, 0.1) is 13.8 Å². The average molecular weight is 174 g/mol. The van der Waals surface area contributed by atoms with Crippen molar-refractivity contribution in [2.24, 2.45) is 0 Å². The van der Waals surface area contributed by atoms with E-state index in [-0.39, 0.29) is 5.78 Å². The molecule has 0 spiro atoms. The largest absolute Gasteiger partial charge is 0.295 e. The highest BCUT2D eigenvalue weighted by Crippen LogP contribution is 2.14. The first kappa shape index (κ1) is 9.72. The van der Waals surface area contributed by atoms with E-state index in [1.807, 2.05) is 38.1 Å². The van der Waals surface area contributed by atoms with Gasteiger partial charge in [0.05, 0.1) is 0 Å². The second-order valence-corrected chi connectivity index (χ2v) is 3.25. The summed E-state index contributed by atoms with van der Waals surface area (Å²) in [6.07, 6.45) is 3.49. The van der Waals surface area contributed by atoms with Crippen molar-refractivity contribution in [3.05, 3.63) is 41.0 Å². The van der Waals surface area contributed by atoms with E-state index in [1.54, 1.807) is 13.0 Å². The summed E-state index contributed by atoms with van der Waals surface area (Å²) in [5, 5.41) is 0. The standard InChI is InChI=1S/C12H14O/c1-9-5-4-6-10(2)12(9)8-7-11(3)13/h4-8H,1-3H3/b8-7+. The van der Waals surface area contributed by atoms with Crippen molar-refractivity contribution < 1.29 is 4.79 Å². The van der Waals surface area contributed by atoms with Gasteiger partial charge in [-0.05, 0) is 43.5 Å². The highest BCUT2D eigenvalue weighted by Gasteiger charge is 1.96. The zero-order chi connectivity index (χ0) is 9.84. The van der Waals surface area contributed by atoms with E-state index in [1.165, 1.54) is 11.1 Å². The predicted molar refractivity (Wildman–Crippen MR) is 55.6 cm³/mol. The third kappa shape index (κ3) is 2.55. The van der Waals surface area contributed by atoms with E-state index < -0.39 is 0 Å². The summed E-state index contributed by atoms with van der Waals surface area (Å²) in [7, 11) is 0. The minimum Gasteiger partial charge on any atom is -0.295 e. The Hall–Kier alpha value is -1.37. The van der Waals surface area contributed by atoms with Gasteiger partial charge in [0.2, 0.25) is 0 Å². The van der Waals surface area contributed by atoms with Crippen LogP contribution in [0.1, 0.15) is 23.6 Å². The second-order valence-electron chi connectivity index (χ2n) is 3.25. The Morgan fingerprint density at radius 2 is 1.77 bits per heavy atom. The molecule has 0 unspecified atom stereocenters. The van der Waals surface area contributed by atoms with Gasteiger partial charge in [-0.1, -0.05) is 24.3 Å². The van der Waals surface area contributed by atoms with E-state index in [2.05, 4.69) is 0 Å². The summed E-state index contributed by atoms with van der Waals surface area (Å²) in [4.78, 5) is 10.8. The molecule has 0 N–H and O–H groups in total. The highest BCUT2D eigenvalue weighted by molar-refractivity contribution is 5.91. The lowest BCUT2D eigenvalue weighted by Crippen LogP contribution is -1.87. The molecule has 13 heavy (non-hydrogen) atoms. The van der Waals surface area contributed by atoms with Crippen LogP contribution in [0.3, 0.4) is 0 Å². The van der Waals surface area contributed by atoms with E-state index >= 15 is 0 Å². The van der Waals surface area contributed by atoms with Gasteiger partial charge in [0, 0.05) is 0 Å². The van der Waals surface area contributed by atoms with Crippen LogP contribution < -0.4 is 0 Å². The van der Waals surface area contributed by atoms with Gasteiger partial charge in [0.25, 0.3) is 0 Å². The van der Waals surface area contributed by atoms with Crippen molar-refractivity contribution in [2.75, 3.05) is 0 Å². The minimum atomic E-state index is 0.0858. The molecule has 0 bridgehead atoms. The van der Waals surface area contributed by atoms with E-state index in [0.29, 0.717) is 0 Å². The Morgan fingerprint density at radius 3 is 2.23 bits per heavy atom. The number of allylic oxidation sites excluding steroid dienone is 1. The lowest BCUT2D eigenvalue weighted by Gasteiger charge is -2.03. The van der Waals surface area contributed by atoms with Crippen molar-refractivity contribution in [1.82, 2.24) is 0 Å². The molecule has 0 atom stereocenters. The normalized spacial score (nSPS) is 10.7. The van der Waals surface area contributed by atoms with Gasteiger partial charge in [0.1, 0.15) is 0 Å². The molecular weight excluding hydrogens is 160 g/mol. The molecule has 0 heterocycles. The predicted octanol–water partition coefficient (Wildman–Crippen LogP) is 2.91. The monoisotopic (exact) mass is 174 g/mol. The van der Waals surface area contributed by atoms with Crippen molar-refractivity contribution >= 4 is 11.9 Å². The molecule has 1 nitrogen and oxygen atoms in total. The molecule has 68 valence electrons. The minimum absolute atomic E-state index is 0.0858. The lowest BCUT2D eigenvalue weighted by molar-refractivity contribution is -0.112. The summed E-state index contributed by atoms with van der Waals surface area (Å²) in [6, 6.07) is 6.12. The van der Waals surface area contributed by atoms with Crippen molar-refractivity contribution in [3.8, 4) is 0 Å². The van der Waals surface area contributed by atoms with Crippen LogP contribution in [0.2, 0.25) is 0 Å². The Morgan fingerprint density at radius 1 is 1.23 bits per heavy atom. The number of rotatable bonds is 2. The van der Waals surface area contributed by atoms with Gasteiger partial charge in [0.15, 0.2) is 5.78 Å². The Labute approximate surface area is 79.1 Å². The van der Waals surface area contributed by atoms with E-state index in [4.69, 9.17) is 0 Å². The van der Waals surface area contributed by atoms with Crippen molar-refractivity contribution in [1.29, 1.82) is 0 Å². The third-order valence-corrected chi connectivity index (χ3v) is 2.03. The number of benzene rings is 1. The fraction of sp³-hybridized carbons (Fsp3) is 0.250.